The van der Waals surface area contributed by atoms with Crippen molar-refractivity contribution >= 4 is 17.4 Å². The second-order valence-electron chi connectivity index (χ2n) is 5.91. The molecule has 2 unspecified atom stereocenters. The number of ether oxygens (including phenoxy) is 3. The fourth-order valence-corrected chi connectivity index (χ4v) is 2.94. The summed E-state index contributed by atoms with van der Waals surface area (Å²) < 4.78 is 18.1. The lowest BCUT2D eigenvalue weighted by Gasteiger charge is -2.06. The lowest BCUT2D eigenvalue weighted by atomic mass is 10.1. The Morgan fingerprint density at radius 1 is 1.44 bits per heavy atom. The van der Waals surface area contributed by atoms with Crippen LogP contribution < -0.4 is 5.32 Å². The molecule has 1 aliphatic rings. The summed E-state index contributed by atoms with van der Waals surface area (Å²) in [4.78, 5) is 8.86. The van der Waals surface area contributed by atoms with Crippen molar-refractivity contribution in [3.63, 3.8) is 0 Å². The minimum Gasteiger partial charge on any atom is -0.379 e. The molecule has 3 aromatic heterocycles. The normalized spacial score (nSPS) is 20.4. The molecule has 1 fully saturated rings. The van der Waals surface area contributed by atoms with Crippen LogP contribution in [0.15, 0.2) is 24.5 Å². The van der Waals surface area contributed by atoms with Gasteiger partial charge >= 0.3 is 0 Å². The molecule has 2 atom stereocenters. The Kier molecular flexibility index (Phi) is 4.35. The van der Waals surface area contributed by atoms with E-state index in [4.69, 9.17) is 14.2 Å². The maximum Gasteiger partial charge on any atom is 0.214 e. The van der Waals surface area contributed by atoms with Gasteiger partial charge in [-0.2, -0.15) is 5.10 Å². The van der Waals surface area contributed by atoms with Gasteiger partial charge in [0.2, 0.25) is 5.95 Å². The van der Waals surface area contributed by atoms with Crippen LogP contribution in [0.25, 0.3) is 5.65 Å². The molecule has 0 radical (unpaired) electrons. The third kappa shape index (κ3) is 3.21. The topological polar surface area (TPSA) is 98.6 Å². The van der Waals surface area contributed by atoms with E-state index in [1.807, 2.05) is 22.7 Å². The molecule has 1 aliphatic heterocycles. The molecule has 0 aromatic carbocycles. The zero-order valence-electron chi connectivity index (χ0n) is 14.1. The molecule has 9 heteroatoms. The summed E-state index contributed by atoms with van der Waals surface area (Å²) >= 11 is 0. The van der Waals surface area contributed by atoms with Crippen molar-refractivity contribution in [3.8, 4) is 0 Å². The van der Waals surface area contributed by atoms with Gasteiger partial charge in [0.15, 0.2) is 5.82 Å². The largest absolute Gasteiger partial charge is 0.379 e. The highest BCUT2D eigenvalue weighted by molar-refractivity contribution is 5.54. The van der Waals surface area contributed by atoms with Crippen LogP contribution in [0.4, 0.5) is 11.8 Å². The van der Waals surface area contributed by atoms with Crippen molar-refractivity contribution in [2.75, 3.05) is 26.1 Å². The van der Waals surface area contributed by atoms with Crippen molar-refractivity contribution in [1.82, 2.24) is 24.6 Å². The lowest BCUT2D eigenvalue weighted by molar-refractivity contribution is 0.0659. The predicted octanol–water partition coefficient (Wildman–Crippen LogP) is 1.82. The standard InChI is InChI=1S/C16H20N6O3/c1-23-8-10-7-22-15(18-10)3-4-17-16(22)19-14-6-12(20-21-14)13-5-11(24-2)9-25-13/h3-4,6-7,11,13H,5,8-9H2,1-2H3,(H2,17,19,20,21). The Morgan fingerprint density at radius 2 is 2.36 bits per heavy atom. The van der Waals surface area contributed by atoms with Crippen LogP contribution in [0, 0.1) is 0 Å². The fourth-order valence-electron chi connectivity index (χ4n) is 2.94. The van der Waals surface area contributed by atoms with Crippen LogP contribution in [0.1, 0.15) is 23.9 Å². The van der Waals surface area contributed by atoms with E-state index in [2.05, 4.69) is 25.5 Å². The van der Waals surface area contributed by atoms with Crippen LogP contribution in [-0.2, 0) is 20.8 Å². The summed E-state index contributed by atoms with van der Waals surface area (Å²) in [5, 5.41) is 10.5. The number of imidazole rings is 1. The summed E-state index contributed by atoms with van der Waals surface area (Å²) in [6.45, 7) is 1.05. The van der Waals surface area contributed by atoms with E-state index in [1.54, 1.807) is 20.4 Å². The highest BCUT2D eigenvalue weighted by Gasteiger charge is 2.28. The maximum absolute atomic E-state index is 5.74. The molecule has 0 aliphatic carbocycles. The SMILES string of the molecule is COCc1cn2c(Nc3cc(C4CC(OC)CO4)[nH]n3)nccc2n1. The number of nitrogens with zero attached hydrogens (tertiary/aromatic N) is 4. The molecule has 4 rings (SSSR count). The first-order chi connectivity index (χ1) is 12.3. The van der Waals surface area contributed by atoms with Gasteiger partial charge in [0.05, 0.1) is 30.7 Å². The number of hydrogen-bond donors (Lipinski definition) is 2. The average molecular weight is 344 g/mol. The first kappa shape index (κ1) is 16.0. The van der Waals surface area contributed by atoms with E-state index in [1.165, 1.54) is 0 Å². The second-order valence-corrected chi connectivity index (χ2v) is 5.91. The number of methoxy groups -OCH3 is 2. The van der Waals surface area contributed by atoms with Crippen molar-refractivity contribution in [2.24, 2.45) is 0 Å². The van der Waals surface area contributed by atoms with E-state index < -0.39 is 0 Å². The molecular formula is C16H20N6O3. The molecule has 25 heavy (non-hydrogen) atoms. The van der Waals surface area contributed by atoms with Crippen LogP contribution in [-0.4, -0.2) is 51.5 Å². The molecule has 0 spiro atoms. The number of hydrogen-bond acceptors (Lipinski definition) is 7. The zero-order chi connectivity index (χ0) is 17.2. The van der Waals surface area contributed by atoms with E-state index in [9.17, 15) is 0 Å². The van der Waals surface area contributed by atoms with E-state index in [0.717, 1.165) is 23.5 Å². The number of aromatic amines is 1. The summed E-state index contributed by atoms with van der Waals surface area (Å²) in [7, 11) is 3.34. The van der Waals surface area contributed by atoms with Gasteiger partial charge in [-0.3, -0.25) is 9.50 Å². The van der Waals surface area contributed by atoms with E-state index in [0.29, 0.717) is 25.0 Å². The quantitative estimate of drug-likeness (QED) is 0.704. The number of aromatic nitrogens is 5. The molecule has 3 aromatic rings. The number of rotatable bonds is 6. The fraction of sp³-hybridized carbons (Fsp3) is 0.438. The highest BCUT2D eigenvalue weighted by Crippen LogP contribution is 2.30. The molecular weight excluding hydrogens is 324 g/mol. The third-order valence-electron chi connectivity index (χ3n) is 4.20. The highest BCUT2D eigenvalue weighted by atomic mass is 16.5. The van der Waals surface area contributed by atoms with Crippen molar-refractivity contribution < 1.29 is 14.2 Å². The van der Waals surface area contributed by atoms with E-state index >= 15 is 0 Å². The molecule has 0 bridgehead atoms. The van der Waals surface area contributed by atoms with Crippen molar-refractivity contribution in [2.45, 2.75) is 25.2 Å². The second kappa shape index (κ2) is 6.79. The minimum atomic E-state index is -0.0293. The summed E-state index contributed by atoms with van der Waals surface area (Å²) in [6.07, 6.45) is 4.51. The number of anilines is 2. The van der Waals surface area contributed by atoms with Crippen LogP contribution in [0.5, 0.6) is 0 Å². The molecule has 9 nitrogen and oxygen atoms in total. The monoisotopic (exact) mass is 344 g/mol. The smallest absolute Gasteiger partial charge is 0.214 e. The van der Waals surface area contributed by atoms with Crippen LogP contribution in [0.3, 0.4) is 0 Å². The third-order valence-corrected chi connectivity index (χ3v) is 4.20. The molecule has 132 valence electrons. The first-order valence-corrected chi connectivity index (χ1v) is 8.05. The van der Waals surface area contributed by atoms with Gasteiger partial charge in [-0.05, 0) is 6.07 Å². The molecule has 0 amide bonds. The lowest BCUT2D eigenvalue weighted by Crippen LogP contribution is -2.08. The van der Waals surface area contributed by atoms with Gasteiger partial charge < -0.3 is 19.5 Å². The maximum atomic E-state index is 5.74. The predicted molar refractivity (Wildman–Crippen MR) is 89.7 cm³/mol. The van der Waals surface area contributed by atoms with E-state index in [-0.39, 0.29) is 12.2 Å². The van der Waals surface area contributed by atoms with Gasteiger partial charge in [0.25, 0.3) is 0 Å². The first-order valence-electron chi connectivity index (χ1n) is 8.05. The molecule has 1 saturated heterocycles. The summed E-state index contributed by atoms with van der Waals surface area (Å²) in [5.74, 6) is 1.30. The van der Waals surface area contributed by atoms with Gasteiger partial charge in [-0.15, -0.1) is 0 Å². The Morgan fingerprint density at radius 3 is 3.16 bits per heavy atom. The Labute approximate surface area is 144 Å². The zero-order valence-corrected chi connectivity index (χ0v) is 14.1. The number of fused-ring (bicyclic) bond motifs is 1. The number of nitrogens with one attached hydrogen (secondary N) is 2. The average Bonchev–Trinajstić information content (AvgIpc) is 3.34. The number of H-pyrrole nitrogens is 1. The summed E-state index contributed by atoms with van der Waals surface area (Å²) in [6, 6.07) is 3.77. The van der Waals surface area contributed by atoms with Gasteiger partial charge in [-0.1, -0.05) is 0 Å². The molecule has 2 N–H and O–H groups in total. The van der Waals surface area contributed by atoms with Gasteiger partial charge in [-0.25, -0.2) is 9.97 Å². The van der Waals surface area contributed by atoms with Gasteiger partial charge in [0.1, 0.15) is 11.8 Å². The minimum absolute atomic E-state index is 0.0293. The molecule has 4 heterocycles. The van der Waals surface area contributed by atoms with Crippen molar-refractivity contribution in [3.05, 3.63) is 35.9 Å². The Balaban J connectivity index is 1.54. The van der Waals surface area contributed by atoms with Crippen LogP contribution >= 0.6 is 0 Å². The van der Waals surface area contributed by atoms with Crippen molar-refractivity contribution in [1.29, 1.82) is 0 Å². The summed E-state index contributed by atoms with van der Waals surface area (Å²) in [5.41, 5.74) is 2.55. The molecule has 0 saturated carbocycles. The van der Waals surface area contributed by atoms with Crippen LogP contribution in [0.2, 0.25) is 0 Å². The Bertz CT molecular complexity index is 861. The van der Waals surface area contributed by atoms with Gasteiger partial charge in [0, 0.05) is 39.1 Å². The Hall–Kier alpha value is -2.49.